The van der Waals surface area contributed by atoms with Crippen molar-refractivity contribution >= 4 is 23.5 Å². The first-order valence-corrected chi connectivity index (χ1v) is 5.24. The molecule has 5 nitrogen and oxygen atoms in total. The number of nitrogens with one attached hydrogen (secondary N) is 1. The highest BCUT2D eigenvalue weighted by atomic mass is 35.5. The van der Waals surface area contributed by atoms with E-state index in [1.54, 1.807) is 24.3 Å². The van der Waals surface area contributed by atoms with Gasteiger partial charge in [0.1, 0.15) is 5.75 Å². The van der Waals surface area contributed by atoms with Gasteiger partial charge in [0.2, 0.25) is 0 Å². The van der Waals surface area contributed by atoms with Crippen molar-refractivity contribution < 1.29 is 14.3 Å². The fraction of sp³-hybridized carbons (Fsp3) is 0.273. The summed E-state index contributed by atoms with van der Waals surface area (Å²) in [5, 5.41) is 2.53. The van der Waals surface area contributed by atoms with E-state index in [0.717, 1.165) is 0 Å². The quantitative estimate of drug-likeness (QED) is 0.863. The molecule has 0 aliphatic heterocycles. The number of halogens is 1. The van der Waals surface area contributed by atoms with Crippen LogP contribution in [0, 0.1) is 0 Å². The standard InChI is InChI=1S/C11H13ClN2O3/c1-11(2,9(15)14-10(13)16)17-8-5-3-7(12)4-6-8/h3-6H,1-2H3,(H3,13,14,15,16). The Kier molecular flexibility index (Phi) is 3.96. The summed E-state index contributed by atoms with van der Waals surface area (Å²) in [6.45, 7) is 3.06. The lowest BCUT2D eigenvalue weighted by Crippen LogP contribution is -2.50. The fourth-order valence-corrected chi connectivity index (χ4v) is 1.23. The van der Waals surface area contributed by atoms with Crippen LogP contribution in [-0.4, -0.2) is 17.5 Å². The molecule has 0 aromatic heterocycles. The Bertz CT molecular complexity index is 429. The molecule has 1 aromatic carbocycles. The van der Waals surface area contributed by atoms with Gasteiger partial charge in [0.05, 0.1) is 0 Å². The monoisotopic (exact) mass is 256 g/mol. The maximum atomic E-state index is 11.6. The number of imide groups is 1. The minimum atomic E-state index is -1.21. The van der Waals surface area contributed by atoms with E-state index in [1.807, 2.05) is 5.32 Å². The lowest BCUT2D eigenvalue weighted by Gasteiger charge is -2.24. The summed E-state index contributed by atoms with van der Waals surface area (Å²) in [7, 11) is 0. The Labute approximate surface area is 104 Å². The molecule has 3 amide bonds. The summed E-state index contributed by atoms with van der Waals surface area (Å²) in [4.78, 5) is 22.2. The Morgan fingerprint density at radius 3 is 2.29 bits per heavy atom. The van der Waals surface area contributed by atoms with Gasteiger partial charge in [0.25, 0.3) is 5.91 Å². The zero-order valence-corrected chi connectivity index (χ0v) is 10.2. The molecule has 0 aliphatic rings. The average molecular weight is 257 g/mol. The summed E-state index contributed by atoms with van der Waals surface area (Å²) >= 11 is 5.72. The van der Waals surface area contributed by atoms with Crippen molar-refractivity contribution in [2.75, 3.05) is 0 Å². The maximum Gasteiger partial charge on any atom is 0.318 e. The van der Waals surface area contributed by atoms with Crippen LogP contribution in [0.5, 0.6) is 5.75 Å². The molecule has 0 bridgehead atoms. The lowest BCUT2D eigenvalue weighted by atomic mass is 10.1. The van der Waals surface area contributed by atoms with Gasteiger partial charge in [-0.3, -0.25) is 10.1 Å². The summed E-state index contributed by atoms with van der Waals surface area (Å²) in [6, 6.07) is 5.61. The molecule has 0 spiro atoms. The molecule has 3 N–H and O–H groups in total. The first kappa shape index (κ1) is 13.3. The summed E-state index contributed by atoms with van der Waals surface area (Å²) < 4.78 is 5.44. The Morgan fingerprint density at radius 2 is 1.82 bits per heavy atom. The molecule has 17 heavy (non-hydrogen) atoms. The van der Waals surface area contributed by atoms with E-state index >= 15 is 0 Å². The molecule has 92 valence electrons. The number of carbonyl (C=O) groups is 2. The van der Waals surface area contributed by atoms with Gasteiger partial charge in [-0.05, 0) is 38.1 Å². The maximum absolute atomic E-state index is 11.6. The lowest BCUT2D eigenvalue weighted by molar-refractivity contribution is -0.132. The minimum Gasteiger partial charge on any atom is -0.478 e. The second kappa shape index (κ2) is 5.05. The average Bonchev–Trinajstić information content (AvgIpc) is 2.20. The summed E-state index contributed by atoms with van der Waals surface area (Å²) in [5.41, 5.74) is 3.65. The molecular formula is C11H13ClN2O3. The van der Waals surface area contributed by atoms with Gasteiger partial charge in [-0.15, -0.1) is 0 Å². The van der Waals surface area contributed by atoms with Crippen LogP contribution in [0.25, 0.3) is 0 Å². The molecular weight excluding hydrogens is 244 g/mol. The molecule has 0 heterocycles. The number of amides is 3. The zero-order valence-electron chi connectivity index (χ0n) is 9.49. The summed E-state index contributed by atoms with van der Waals surface area (Å²) in [6.07, 6.45) is 0. The van der Waals surface area contributed by atoms with Crippen molar-refractivity contribution in [2.24, 2.45) is 5.73 Å². The van der Waals surface area contributed by atoms with Crippen molar-refractivity contribution in [3.63, 3.8) is 0 Å². The van der Waals surface area contributed by atoms with Gasteiger partial charge in [-0.2, -0.15) is 0 Å². The highest BCUT2D eigenvalue weighted by molar-refractivity contribution is 6.30. The number of ether oxygens (including phenoxy) is 1. The highest BCUT2D eigenvalue weighted by Gasteiger charge is 2.30. The van der Waals surface area contributed by atoms with Gasteiger partial charge >= 0.3 is 6.03 Å². The molecule has 1 rings (SSSR count). The van der Waals surface area contributed by atoms with E-state index in [-0.39, 0.29) is 0 Å². The first-order chi connectivity index (χ1) is 7.81. The predicted molar refractivity (Wildman–Crippen MR) is 63.9 cm³/mol. The second-order valence-corrected chi connectivity index (χ2v) is 4.32. The van der Waals surface area contributed by atoms with E-state index in [2.05, 4.69) is 0 Å². The van der Waals surface area contributed by atoms with Crippen LogP contribution >= 0.6 is 11.6 Å². The highest BCUT2D eigenvalue weighted by Crippen LogP contribution is 2.20. The van der Waals surface area contributed by atoms with Crippen LogP contribution in [0.2, 0.25) is 5.02 Å². The van der Waals surface area contributed by atoms with Gasteiger partial charge < -0.3 is 10.5 Å². The van der Waals surface area contributed by atoms with E-state index in [4.69, 9.17) is 22.1 Å². The molecule has 0 fully saturated rings. The van der Waals surface area contributed by atoms with Crippen molar-refractivity contribution in [2.45, 2.75) is 19.4 Å². The number of primary amides is 1. The number of urea groups is 1. The molecule has 0 atom stereocenters. The third-order valence-electron chi connectivity index (χ3n) is 1.97. The van der Waals surface area contributed by atoms with Crippen molar-refractivity contribution in [1.82, 2.24) is 5.32 Å². The fourth-order valence-electron chi connectivity index (χ4n) is 1.11. The van der Waals surface area contributed by atoms with Crippen LogP contribution in [0.3, 0.4) is 0 Å². The van der Waals surface area contributed by atoms with Crippen molar-refractivity contribution in [1.29, 1.82) is 0 Å². The molecule has 0 saturated heterocycles. The Hall–Kier alpha value is -1.75. The molecule has 0 radical (unpaired) electrons. The number of nitrogens with two attached hydrogens (primary N) is 1. The van der Waals surface area contributed by atoms with Crippen LogP contribution in [0.4, 0.5) is 4.79 Å². The number of rotatable bonds is 3. The van der Waals surface area contributed by atoms with Gasteiger partial charge in [-0.1, -0.05) is 11.6 Å². The minimum absolute atomic E-state index is 0.471. The van der Waals surface area contributed by atoms with Crippen molar-refractivity contribution in [3.05, 3.63) is 29.3 Å². The number of carbonyl (C=O) groups excluding carboxylic acids is 2. The Morgan fingerprint density at radius 1 is 1.29 bits per heavy atom. The predicted octanol–water partition coefficient (Wildman–Crippen LogP) is 1.69. The molecule has 1 aromatic rings. The molecule has 0 aliphatic carbocycles. The summed E-state index contributed by atoms with van der Waals surface area (Å²) in [5.74, 6) is -0.140. The topological polar surface area (TPSA) is 81.4 Å². The van der Waals surface area contributed by atoms with Gasteiger partial charge in [0.15, 0.2) is 5.60 Å². The molecule has 0 saturated carbocycles. The van der Waals surface area contributed by atoms with E-state index in [9.17, 15) is 9.59 Å². The van der Waals surface area contributed by atoms with Gasteiger partial charge in [-0.25, -0.2) is 4.79 Å². The molecule has 6 heteroatoms. The number of hydrogen-bond acceptors (Lipinski definition) is 3. The third kappa shape index (κ3) is 3.96. The first-order valence-electron chi connectivity index (χ1n) is 4.87. The number of hydrogen-bond donors (Lipinski definition) is 2. The van der Waals surface area contributed by atoms with Crippen LogP contribution in [0.15, 0.2) is 24.3 Å². The number of benzene rings is 1. The van der Waals surface area contributed by atoms with Crippen LogP contribution in [0.1, 0.15) is 13.8 Å². The van der Waals surface area contributed by atoms with E-state index < -0.39 is 17.5 Å². The SMILES string of the molecule is CC(C)(Oc1ccc(Cl)cc1)C(=O)NC(N)=O. The zero-order chi connectivity index (χ0) is 13.1. The van der Waals surface area contributed by atoms with E-state index in [1.165, 1.54) is 13.8 Å². The second-order valence-electron chi connectivity index (χ2n) is 3.88. The van der Waals surface area contributed by atoms with E-state index in [0.29, 0.717) is 10.8 Å². The smallest absolute Gasteiger partial charge is 0.318 e. The normalized spacial score (nSPS) is 10.8. The molecule has 0 unspecified atom stereocenters. The van der Waals surface area contributed by atoms with Crippen LogP contribution in [-0.2, 0) is 4.79 Å². The van der Waals surface area contributed by atoms with Crippen LogP contribution < -0.4 is 15.8 Å². The Balaban J connectivity index is 2.75. The van der Waals surface area contributed by atoms with Crippen molar-refractivity contribution in [3.8, 4) is 5.75 Å². The largest absolute Gasteiger partial charge is 0.478 e. The third-order valence-corrected chi connectivity index (χ3v) is 2.22. The van der Waals surface area contributed by atoms with Gasteiger partial charge in [0, 0.05) is 5.02 Å².